The molecule has 0 spiro atoms. The number of aryl methyl sites for hydroxylation is 2. The van der Waals surface area contributed by atoms with Gasteiger partial charge in [0.05, 0.1) is 24.6 Å². The minimum Gasteiger partial charge on any atom is -0.389 e. The predicted octanol–water partition coefficient (Wildman–Crippen LogP) is 5.30. The number of H-pyrrole nitrogens is 1. The molecule has 190 valence electrons. The van der Waals surface area contributed by atoms with Crippen LogP contribution in [-0.4, -0.2) is 45.8 Å². The van der Waals surface area contributed by atoms with Crippen molar-refractivity contribution in [3.05, 3.63) is 86.8 Å². The van der Waals surface area contributed by atoms with Gasteiger partial charge in [0.15, 0.2) is 0 Å². The van der Waals surface area contributed by atoms with Crippen LogP contribution in [0, 0.1) is 19.8 Å². The SMILES string of the molecule is Cc1ccc(C)c(-c2csc3nc(CN(Cc4ccccc4)CC(O)COCC(C)C)[nH]c(=O)c23)c1. The summed E-state index contributed by atoms with van der Waals surface area (Å²) in [7, 11) is 0. The van der Waals surface area contributed by atoms with Crippen LogP contribution in [0.25, 0.3) is 21.3 Å². The number of aliphatic hydroxyl groups excluding tert-OH is 1. The third-order valence-electron chi connectivity index (χ3n) is 6.03. The summed E-state index contributed by atoms with van der Waals surface area (Å²) in [5, 5.41) is 13.3. The van der Waals surface area contributed by atoms with E-state index in [9.17, 15) is 9.90 Å². The highest BCUT2D eigenvalue weighted by molar-refractivity contribution is 7.17. The van der Waals surface area contributed by atoms with Gasteiger partial charge in [0, 0.05) is 30.6 Å². The third-order valence-corrected chi connectivity index (χ3v) is 6.90. The van der Waals surface area contributed by atoms with Crippen LogP contribution in [0.1, 0.15) is 36.4 Å². The molecule has 1 atom stereocenters. The Balaban J connectivity index is 1.58. The van der Waals surface area contributed by atoms with Gasteiger partial charge in [-0.3, -0.25) is 9.69 Å². The molecule has 2 aromatic carbocycles. The zero-order valence-electron chi connectivity index (χ0n) is 21.5. The van der Waals surface area contributed by atoms with Crippen LogP contribution in [0.3, 0.4) is 0 Å². The molecule has 1 unspecified atom stereocenters. The second-order valence-electron chi connectivity index (χ2n) is 9.90. The van der Waals surface area contributed by atoms with Crippen LogP contribution in [0.15, 0.2) is 58.7 Å². The van der Waals surface area contributed by atoms with Gasteiger partial charge < -0.3 is 14.8 Å². The molecule has 36 heavy (non-hydrogen) atoms. The number of aromatic amines is 1. The van der Waals surface area contributed by atoms with Gasteiger partial charge in [0.1, 0.15) is 10.7 Å². The minimum absolute atomic E-state index is 0.132. The molecule has 0 aliphatic heterocycles. The van der Waals surface area contributed by atoms with Gasteiger partial charge in [-0.1, -0.05) is 67.9 Å². The summed E-state index contributed by atoms with van der Waals surface area (Å²) in [5.74, 6) is 1.01. The van der Waals surface area contributed by atoms with Crippen molar-refractivity contribution in [3.63, 3.8) is 0 Å². The van der Waals surface area contributed by atoms with Crippen molar-refractivity contribution in [1.82, 2.24) is 14.9 Å². The van der Waals surface area contributed by atoms with Crippen LogP contribution >= 0.6 is 11.3 Å². The fraction of sp³-hybridized carbons (Fsp3) is 0.379. The Bertz CT molecular complexity index is 1350. The van der Waals surface area contributed by atoms with E-state index >= 15 is 0 Å². The van der Waals surface area contributed by atoms with Gasteiger partial charge in [0.25, 0.3) is 5.56 Å². The summed E-state index contributed by atoms with van der Waals surface area (Å²) in [6.07, 6.45) is -0.638. The predicted molar refractivity (Wildman–Crippen MR) is 147 cm³/mol. The van der Waals surface area contributed by atoms with E-state index in [2.05, 4.69) is 67.9 Å². The highest BCUT2D eigenvalue weighted by atomic mass is 32.1. The smallest absolute Gasteiger partial charge is 0.260 e. The fourth-order valence-corrected chi connectivity index (χ4v) is 5.28. The number of nitrogens with zero attached hydrogens (tertiary/aromatic N) is 2. The third kappa shape index (κ3) is 6.68. The molecule has 4 aromatic rings. The zero-order valence-corrected chi connectivity index (χ0v) is 22.3. The number of nitrogens with one attached hydrogen (secondary N) is 1. The molecular formula is C29H35N3O3S. The zero-order chi connectivity index (χ0) is 25.7. The molecule has 2 N–H and O–H groups in total. The first-order valence-corrected chi connectivity index (χ1v) is 13.3. The molecule has 2 heterocycles. The van der Waals surface area contributed by atoms with Gasteiger partial charge in [-0.25, -0.2) is 4.98 Å². The molecule has 0 aliphatic carbocycles. The minimum atomic E-state index is -0.638. The number of aromatic nitrogens is 2. The quantitative estimate of drug-likeness (QED) is 0.289. The number of hydrogen-bond donors (Lipinski definition) is 2. The maximum atomic E-state index is 13.2. The number of ether oxygens (including phenoxy) is 1. The van der Waals surface area contributed by atoms with Gasteiger partial charge in [-0.2, -0.15) is 0 Å². The average Bonchev–Trinajstić information content (AvgIpc) is 3.25. The van der Waals surface area contributed by atoms with E-state index in [1.54, 1.807) is 0 Å². The van der Waals surface area contributed by atoms with Crippen LogP contribution < -0.4 is 5.56 Å². The van der Waals surface area contributed by atoms with Gasteiger partial charge >= 0.3 is 0 Å². The largest absolute Gasteiger partial charge is 0.389 e. The maximum Gasteiger partial charge on any atom is 0.260 e. The van der Waals surface area contributed by atoms with Crippen LogP contribution in [0.2, 0.25) is 0 Å². The molecule has 6 nitrogen and oxygen atoms in total. The highest BCUT2D eigenvalue weighted by Crippen LogP contribution is 2.33. The number of aliphatic hydroxyl groups is 1. The van der Waals surface area contributed by atoms with Crippen molar-refractivity contribution in [3.8, 4) is 11.1 Å². The lowest BCUT2D eigenvalue weighted by atomic mass is 9.99. The summed E-state index contributed by atoms with van der Waals surface area (Å²) in [4.78, 5) is 23.9. The molecule has 0 fully saturated rings. The van der Waals surface area contributed by atoms with Crippen LogP contribution in [0.5, 0.6) is 0 Å². The number of hydrogen-bond acceptors (Lipinski definition) is 6. The number of rotatable bonds is 11. The van der Waals surface area contributed by atoms with Crippen molar-refractivity contribution in [1.29, 1.82) is 0 Å². The second-order valence-corrected chi connectivity index (χ2v) is 10.8. The molecule has 0 bridgehead atoms. The standard InChI is InChI=1S/C29H35N3O3S/c1-19(2)16-35-17-23(33)14-32(13-22-8-6-5-7-9-22)15-26-30-28(34)27-25(18-36-29(27)31-26)24-12-20(3)10-11-21(24)4/h5-12,18-19,23,33H,13-17H2,1-4H3,(H,30,31,34). The van der Waals surface area contributed by atoms with Crippen LogP contribution in [0.4, 0.5) is 0 Å². The first kappa shape index (κ1) is 26.2. The normalized spacial score (nSPS) is 12.6. The lowest BCUT2D eigenvalue weighted by Crippen LogP contribution is -2.35. The van der Waals surface area contributed by atoms with E-state index in [4.69, 9.17) is 9.72 Å². The summed E-state index contributed by atoms with van der Waals surface area (Å²) in [5.41, 5.74) is 5.28. The van der Waals surface area contributed by atoms with Gasteiger partial charge in [-0.15, -0.1) is 11.3 Å². The molecule has 0 saturated carbocycles. The summed E-state index contributed by atoms with van der Waals surface area (Å²) < 4.78 is 5.65. The van der Waals surface area contributed by atoms with Crippen molar-refractivity contribution in [2.45, 2.75) is 46.9 Å². The van der Waals surface area contributed by atoms with E-state index in [1.807, 2.05) is 23.6 Å². The molecule has 2 aromatic heterocycles. The topological polar surface area (TPSA) is 78.5 Å². The Hall–Kier alpha value is -2.84. The number of fused-ring (bicyclic) bond motifs is 1. The first-order valence-electron chi connectivity index (χ1n) is 12.4. The summed E-state index contributed by atoms with van der Waals surface area (Å²) >= 11 is 1.49. The second kappa shape index (κ2) is 11.9. The lowest BCUT2D eigenvalue weighted by molar-refractivity contribution is 0.00517. The van der Waals surface area contributed by atoms with Gasteiger partial charge in [-0.05, 0) is 36.5 Å². The Kier molecular flexibility index (Phi) is 8.69. The Morgan fingerprint density at radius 3 is 2.58 bits per heavy atom. The Morgan fingerprint density at radius 2 is 1.83 bits per heavy atom. The molecule has 4 rings (SSSR count). The Morgan fingerprint density at radius 1 is 1.06 bits per heavy atom. The van der Waals surface area contributed by atoms with Gasteiger partial charge in [0.2, 0.25) is 0 Å². The molecule has 0 saturated heterocycles. The first-order chi connectivity index (χ1) is 17.3. The maximum absolute atomic E-state index is 13.2. The van der Waals surface area contributed by atoms with E-state index < -0.39 is 6.10 Å². The fourth-order valence-electron chi connectivity index (χ4n) is 4.32. The highest BCUT2D eigenvalue weighted by Gasteiger charge is 2.18. The Labute approximate surface area is 216 Å². The van der Waals surface area contributed by atoms with E-state index in [-0.39, 0.29) is 12.2 Å². The molecular weight excluding hydrogens is 470 g/mol. The number of benzene rings is 2. The average molecular weight is 506 g/mol. The lowest BCUT2D eigenvalue weighted by Gasteiger charge is -2.25. The van der Waals surface area contributed by atoms with Crippen molar-refractivity contribution < 1.29 is 9.84 Å². The molecule has 7 heteroatoms. The van der Waals surface area contributed by atoms with Crippen molar-refractivity contribution >= 4 is 21.6 Å². The molecule has 0 aliphatic rings. The van der Waals surface area contributed by atoms with Crippen LogP contribution in [-0.2, 0) is 17.8 Å². The monoisotopic (exact) mass is 505 g/mol. The molecule has 0 radical (unpaired) electrons. The van der Waals surface area contributed by atoms with E-state index in [0.717, 1.165) is 32.6 Å². The summed E-state index contributed by atoms with van der Waals surface area (Å²) in [6, 6.07) is 16.4. The van der Waals surface area contributed by atoms with Crippen molar-refractivity contribution in [2.24, 2.45) is 5.92 Å². The van der Waals surface area contributed by atoms with Crippen molar-refractivity contribution in [2.75, 3.05) is 19.8 Å². The number of thiophene rings is 1. The summed E-state index contributed by atoms with van der Waals surface area (Å²) in [6.45, 7) is 10.6. The van der Waals surface area contributed by atoms with E-state index in [0.29, 0.717) is 43.4 Å². The van der Waals surface area contributed by atoms with E-state index in [1.165, 1.54) is 11.3 Å². The molecule has 0 amide bonds.